The Morgan fingerprint density at radius 3 is 2.76 bits per heavy atom. The molecule has 2 aromatic heterocycles. The second-order valence-corrected chi connectivity index (χ2v) is 8.80. The number of hydrogen-bond acceptors (Lipinski definition) is 5. The van der Waals surface area contributed by atoms with Crippen LogP contribution in [0.4, 0.5) is 0 Å². The normalized spacial score (nSPS) is 17.4. The van der Waals surface area contributed by atoms with Gasteiger partial charge in [0.2, 0.25) is 10.0 Å². The van der Waals surface area contributed by atoms with Crippen molar-refractivity contribution < 1.29 is 17.6 Å². The summed E-state index contributed by atoms with van der Waals surface area (Å²) in [4.78, 5) is 14.8. The second-order valence-electron chi connectivity index (χ2n) is 7.03. The van der Waals surface area contributed by atoms with E-state index in [2.05, 4.69) is 14.9 Å². The highest BCUT2D eigenvalue weighted by Gasteiger charge is 2.26. The number of furan rings is 1. The smallest absolute Gasteiger partial charge is 0.253 e. The van der Waals surface area contributed by atoms with Crippen LogP contribution in [0.25, 0.3) is 0 Å². The van der Waals surface area contributed by atoms with Crippen LogP contribution in [0, 0.1) is 0 Å². The van der Waals surface area contributed by atoms with Gasteiger partial charge >= 0.3 is 0 Å². The van der Waals surface area contributed by atoms with Crippen LogP contribution in [0.1, 0.15) is 40.6 Å². The third-order valence-electron chi connectivity index (χ3n) is 5.10. The summed E-state index contributed by atoms with van der Waals surface area (Å²) in [6.07, 6.45) is 5.12. The molecule has 0 saturated carbocycles. The van der Waals surface area contributed by atoms with Crippen molar-refractivity contribution in [2.45, 2.75) is 30.2 Å². The molecule has 4 rings (SSSR count). The molecule has 1 saturated heterocycles. The molecule has 1 fully saturated rings. The second kappa shape index (κ2) is 8.22. The molecule has 1 aliphatic rings. The van der Waals surface area contributed by atoms with E-state index in [1.165, 1.54) is 18.4 Å². The first kappa shape index (κ1) is 19.4. The third kappa shape index (κ3) is 4.41. The molecule has 29 heavy (non-hydrogen) atoms. The van der Waals surface area contributed by atoms with Crippen molar-refractivity contribution in [2.75, 3.05) is 13.1 Å². The molecule has 3 aromatic rings. The van der Waals surface area contributed by atoms with E-state index < -0.39 is 10.0 Å². The van der Waals surface area contributed by atoms with Gasteiger partial charge in [-0.1, -0.05) is 0 Å². The molecule has 9 heteroatoms. The maximum atomic E-state index is 12.9. The van der Waals surface area contributed by atoms with E-state index in [0.29, 0.717) is 24.4 Å². The molecule has 1 aromatic carbocycles. The van der Waals surface area contributed by atoms with Crippen molar-refractivity contribution in [1.82, 2.24) is 19.8 Å². The number of hydrogen-bond donors (Lipinski definition) is 2. The van der Waals surface area contributed by atoms with Crippen molar-refractivity contribution in [3.63, 3.8) is 0 Å². The van der Waals surface area contributed by atoms with E-state index in [-0.39, 0.29) is 23.3 Å². The first-order chi connectivity index (χ1) is 14.0. The molecule has 3 heterocycles. The lowest BCUT2D eigenvalue weighted by Crippen LogP contribution is -2.39. The molecule has 1 aliphatic heterocycles. The first-order valence-corrected chi connectivity index (χ1v) is 10.9. The molecule has 0 unspecified atom stereocenters. The van der Waals surface area contributed by atoms with Crippen LogP contribution < -0.4 is 4.72 Å². The molecule has 1 atom stereocenters. The van der Waals surface area contributed by atoms with Gasteiger partial charge in [-0.2, -0.15) is 5.10 Å². The summed E-state index contributed by atoms with van der Waals surface area (Å²) in [6.45, 7) is 1.37. The Morgan fingerprint density at radius 2 is 2.07 bits per heavy atom. The van der Waals surface area contributed by atoms with E-state index >= 15 is 0 Å². The Bertz CT molecular complexity index is 1040. The van der Waals surface area contributed by atoms with Crippen molar-refractivity contribution in [3.05, 3.63) is 71.9 Å². The lowest BCUT2D eigenvalue weighted by Gasteiger charge is -2.32. The number of nitrogens with one attached hydrogen (secondary N) is 2. The minimum atomic E-state index is -3.69. The van der Waals surface area contributed by atoms with E-state index in [4.69, 9.17) is 4.42 Å². The predicted molar refractivity (Wildman–Crippen MR) is 106 cm³/mol. The molecule has 0 aliphatic carbocycles. The number of H-pyrrole nitrogens is 1. The molecule has 2 N–H and O–H groups in total. The fourth-order valence-electron chi connectivity index (χ4n) is 3.53. The number of nitrogens with zero attached hydrogens (tertiary/aromatic N) is 2. The van der Waals surface area contributed by atoms with Gasteiger partial charge in [-0.25, -0.2) is 13.1 Å². The van der Waals surface area contributed by atoms with Crippen molar-refractivity contribution in [1.29, 1.82) is 0 Å². The van der Waals surface area contributed by atoms with Crippen LogP contribution in [-0.4, -0.2) is 42.5 Å². The van der Waals surface area contributed by atoms with Gasteiger partial charge < -0.3 is 9.32 Å². The maximum Gasteiger partial charge on any atom is 0.253 e. The average Bonchev–Trinajstić information content (AvgIpc) is 3.46. The van der Waals surface area contributed by atoms with Gasteiger partial charge in [-0.15, -0.1) is 0 Å². The summed E-state index contributed by atoms with van der Waals surface area (Å²) in [5, 5.41) is 6.98. The number of sulfonamides is 1. The summed E-state index contributed by atoms with van der Waals surface area (Å²) in [7, 11) is -3.69. The van der Waals surface area contributed by atoms with Crippen LogP contribution in [0.2, 0.25) is 0 Å². The fourth-order valence-corrected chi connectivity index (χ4v) is 4.52. The van der Waals surface area contributed by atoms with Crippen LogP contribution >= 0.6 is 0 Å². The highest BCUT2D eigenvalue weighted by Crippen LogP contribution is 2.26. The Balaban J connectivity index is 1.42. The van der Waals surface area contributed by atoms with Crippen molar-refractivity contribution in [3.8, 4) is 0 Å². The highest BCUT2D eigenvalue weighted by molar-refractivity contribution is 7.89. The monoisotopic (exact) mass is 414 g/mol. The van der Waals surface area contributed by atoms with Gasteiger partial charge in [-0.3, -0.25) is 9.89 Å². The van der Waals surface area contributed by atoms with Crippen LogP contribution in [0.15, 0.2) is 64.2 Å². The largest absolute Gasteiger partial charge is 0.468 e. The zero-order valence-electron chi connectivity index (χ0n) is 15.7. The van der Waals surface area contributed by atoms with Gasteiger partial charge in [0.15, 0.2) is 0 Å². The van der Waals surface area contributed by atoms with Gasteiger partial charge in [0, 0.05) is 36.5 Å². The SMILES string of the molecule is O=C(c1ccc(S(=O)(=O)NCc2ccco2)cc1)N1CCC[C@@H](c2ccn[nH]2)C1. The van der Waals surface area contributed by atoms with E-state index in [1.54, 1.807) is 30.5 Å². The van der Waals surface area contributed by atoms with E-state index in [1.807, 2.05) is 11.0 Å². The predicted octanol–water partition coefficient (Wildman–Crippen LogP) is 2.50. The molecular formula is C20H22N4O4S. The number of piperidine rings is 1. The van der Waals surface area contributed by atoms with Crippen molar-refractivity contribution >= 4 is 15.9 Å². The van der Waals surface area contributed by atoms with E-state index in [0.717, 1.165) is 18.5 Å². The number of aromatic nitrogens is 2. The number of rotatable bonds is 6. The minimum Gasteiger partial charge on any atom is -0.468 e. The summed E-state index contributed by atoms with van der Waals surface area (Å²) >= 11 is 0. The zero-order valence-corrected chi connectivity index (χ0v) is 16.6. The van der Waals surface area contributed by atoms with Gasteiger partial charge in [-0.05, 0) is 55.3 Å². The fraction of sp³-hybridized carbons (Fsp3) is 0.300. The van der Waals surface area contributed by atoms with Crippen molar-refractivity contribution in [2.24, 2.45) is 0 Å². The summed E-state index contributed by atoms with van der Waals surface area (Å²) in [5.74, 6) is 0.666. The van der Waals surface area contributed by atoms with Gasteiger partial charge in [0.1, 0.15) is 5.76 Å². The quantitative estimate of drug-likeness (QED) is 0.644. The Labute approximate surface area is 169 Å². The minimum absolute atomic E-state index is 0.0682. The maximum absolute atomic E-state index is 12.9. The Hall–Kier alpha value is -2.91. The van der Waals surface area contributed by atoms with Gasteiger partial charge in [0.25, 0.3) is 5.91 Å². The standard InChI is InChI=1S/C20H22N4O4S/c25-20(24-11-1-3-16(14-24)19-9-10-21-23-19)15-5-7-18(8-6-15)29(26,27)22-13-17-4-2-12-28-17/h2,4-10,12,16,22H,1,3,11,13-14H2,(H,21,23)/t16-/m1/s1. The van der Waals surface area contributed by atoms with Gasteiger partial charge in [0.05, 0.1) is 17.7 Å². The molecule has 0 spiro atoms. The first-order valence-electron chi connectivity index (χ1n) is 9.43. The summed E-state index contributed by atoms with van der Waals surface area (Å²) in [6, 6.07) is 11.4. The molecule has 8 nitrogen and oxygen atoms in total. The number of likely N-dealkylation sites (tertiary alicyclic amines) is 1. The molecule has 152 valence electrons. The Kier molecular flexibility index (Phi) is 5.50. The number of benzene rings is 1. The van der Waals surface area contributed by atoms with Crippen LogP contribution in [0.5, 0.6) is 0 Å². The molecule has 0 radical (unpaired) electrons. The number of amides is 1. The number of aromatic amines is 1. The Morgan fingerprint density at radius 1 is 1.24 bits per heavy atom. The third-order valence-corrected chi connectivity index (χ3v) is 6.52. The average molecular weight is 414 g/mol. The van der Waals surface area contributed by atoms with E-state index in [9.17, 15) is 13.2 Å². The summed E-state index contributed by atoms with van der Waals surface area (Å²) in [5.41, 5.74) is 1.51. The molecular weight excluding hydrogens is 392 g/mol. The van der Waals surface area contributed by atoms with Crippen LogP contribution in [-0.2, 0) is 16.6 Å². The van der Waals surface area contributed by atoms with Crippen LogP contribution in [0.3, 0.4) is 0 Å². The number of carbonyl (C=O) groups is 1. The highest BCUT2D eigenvalue weighted by atomic mass is 32.2. The lowest BCUT2D eigenvalue weighted by molar-refractivity contribution is 0.0705. The molecule has 0 bridgehead atoms. The molecule has 1 amide bonds. The topological polar surface area (TPSA) is 108 Å². The zero-order chi connectivity index (χ0) is 20.3. The summed E-state index contributed by atoms with van der Waals surface area (Å²) < 4.78 is 32.5. The number of carbonyl (C=O) groups excluding carboxylic acids is 1. The lowest BCUT2D eigenvalue weighted by atomic mass is 9.94.